The van der Waals surface area contributed by atoms with Crippen molar-refractivity contribution >= 4 is 17.5 Å². The van der Waals surface area contributed by atoms with Crippen molar-refractivity contribution in [1.82, 2.24) is 5.32 Å². The molecule has 0 radical (unpaired) electrons. The van der Waals surface area contributed by atoms with Crippen LogP contribution < -0.4 is 24.4 Å². The first-order chi connectivity index (χ1) is 14.0. The maximum absolute atomic E-state index is 12.5. The Morgan fingerprint density at radius 2 is 1.76 bits per heavy atom. The summed E-state index contributed by atoms with van der Waals surface area (Å²) in [4.78, 5) is 26.5. The molecule has 0 unspecified atom stereocenters. The highest BCUT2D eigenvalue weighted by Gasteiger charge is 2.34. The third kappa shape index (κ3) is 4.80. The molecule has 1 N–H and O–H groups in total. The first kappa shape index (κ1) is 20.5. The molecule has 1 heterocycles. The van der Waals surface area contributed by atoms with Gasteiger partial charge in [-0.3, -0.25) is 9.59 Å². The maximum Gasteiger partial charge on any atom is 0.227 e. The SMILES string of the molecule is COc1ccc(N2C[C@@H](C(=O)NCCc3ccc(OC)c(OC)c3)CC2=O)cc1. The van der Waals surface area contributed by atoms with E-state index < -0.39 is 0 Å². The molecule has 0 aliphatic carbocycles. The predicted molar refractivity (Wildman–Crippen MR) is 110 cm³/mol. The summed E-state index contributed by atoms with van der Waals surface area (Å²) in [5.41, 5.74) is 1.81. The monoisotopic (exact) mass is 398 g/mol. The van der Waals surface area contributed by atoms with Crippen molar-refractivity contribution in [3.8, 4) is 17.2 Å². The Hall–Kier alpha value is -3.22. The molecule has 2 aromatic carbocycles. The summed E-state index contributed by atoms with van der Waals surface area (Å²) in [6, 6.07) is 13.0. The zero-order valence-corrected chi connectivity index (χ0v) is 16.9. The lowest BCUT2D eigenvalue weighted by molar-refractivity contribution is -0.126. The fourth-order valence-corrected chi connectivity index (χ4v) is 3.41. The molecular formula is C22H26N2O5. The summed E-state index contributed by atoms with van der Waals surface area (Å²) in [5, 5.41) is 2.94. The van der Waals surface area contributed by atoms with E-state index in [0.29, 0.717) is 31.0 Å². The molecule has 2 amide bonds. The molecule has 0 bridgehead atoms. The number of anilines is 1. The van der Waals surface area contributed by atoms with Gasteiger partial charge in [0.25, 0.3) is 0 Å². The van der Waals surface area contributed by atoms with Gasteiger partial charge in [0, 0.05) is 25.2 Å². The molecule has 29 heavy (non-hydrogen) atoms. The van der Waals surface area contributed by atoms with Crippen LogP contribution in [-0.4, -0.2) is 46.2 Å². The maximum atomic E-state index is 12.5. The van der Waals surface area contributed by atoms with Crippen molar-refractivity contribution in [3.05, 3.63) is 48.0 Å². The number of nitrogens with one attached hydrogen (secondary N) is 1. The van der Waals surface area contributed by atoms with Crippen LogP contribution >= 0.6 is 0 Å². The molecule has 154 valence electrons. The van der Waals surface area contributed by atoms with E-state index in [9.17, 15) is 9.59 Å². The average molecular weight is 398 g/mol. The Bertz CT molecular complexity index is 866. The molecular weight excluding hydrogens is 372 g/mol. The van der Waals surface area contributed by atoms with Gasteiger partial charge in [0.2, 0.25) is 11.8 Å². The van der Waals surface area contributed by atoms with E-state index in [1.54, 1.807) is 38.4 Å². The number of methoxy groups -OCH3 is 3. The highest BCUT2D eigenvalue weighted by Crippen LogP contribution is 2.28. The Morgan fingerprint density at radius 1 is 1.03 bits per heavy atom. The molecule has 1 fully saturated rings. The second-order valence-electron chi connectivity index (χ2n) is 6.83. The zero-order chi connectivity index (χ0) is 20.8. The quantitative estimate of drug-likeness (QED) is 0.739. The lowest BCUT2D eigenvalue weighted by Gasteiger charge is -2.17. The minimum absolute atomic E-state index is 0.0461. The van der Waals surface area contributed by atoms with E-state index in [1.807, 2.05) is 30.3 Å². The number of benzene rings is 2. The highest BCUT2D eigenvalue weighted by atomic mass is 16.5. The van der Waals surface area contributed by atoms with Gasteiger partial charge in [-0.2, -0.15) is 0 Å². The second-order valence-corrected chi connectivity index (χ2v) is 6.83. The summed E-state index contributed by atoms with van der Waals surface area (Å²) >= 11 is 0. The topological polar surface area (TPSA) is 77.1 Å². The van der Waals surface area contributed by atoms with E-state index in [0.717, 1.165) is 17.0 Å². The standard InChI is InChI=1S/C22H26N2O5/c1-27-18-7-5-17(6-8-18)24-14-16(13-21(24)25)22(26)23-11-10-15-4-9-19(28-2)20(12-15)29-3/h4-9,12,16H,10-11,13-14H2,1-3H3,(H,23,26)/t16-/m0/s1. The lowest BCUT2D eigenvalue weighted by atomic mass is 10.1. The van der Waals surface area contributed by atoms with Gasteiger partial charge < -0.3 is 24.4 Å². The Balaban J connectivity index is 1.53. The Morgan fingerprint density at radius 3 is 2.41 bits per heavy atom. The van der Waals surface area contributed by atoms with Crippen LogP contribution in [0.3, 0.4) is 0 Å². The molecule has 1 saturated heterocycles. The second kappa shape index (κ2) is 9.32. The van der Waals surface area contributed by atoms with Crippen molar-refractivity contribution in [1.29, 1.82) is 0 Å². The van der Waals surface area contributed by atoms with Crippen LogP contribution in [0.1, 0.15) is 12.0 Å². The van der Waals surface area contributed by atoms with Crippen LogP contribution in [-0.2, 0) is 16.0 Å². The van der Waals surface area contributed by atoms with Crippen LogP contribution in [0, 0.1) is 5.92 Å². The summed E-state index contributed by atoms with van der Waals surface area (Å²) in [6.45, 7) is 0.870. The van der Waals surface area contributed by atoms with Crippen LogP contribution in [0.4, 0.5) is 5.69 Å². The number of hydrogen-bond acceptors (Lipinski definition) is 5. The minimum Gasteiger partial charge on any atom is -0.497 e. The van der Waals surface area contributed by atoms with Crippen molar-refractivity contribution in [2.75, 3.05) is 39.3 Å². The average Bonchev–Trinajstić information content (AvgIpc) is 3.15. The van der Waals surface area contributed by atoms with Gasteiger partial charge >= 0.3 is 0 Å². The zero-order valence-electron chi connectivity index (χ0n) is 16.9. The predicted octanol–water partition coefficient (Wildman–Crippen LogP) is 2.42. The van der Waals surface area contributed by atoms with E-state index >= 15 is 0 Å². The van der Waals surface area contributed by atoms with E-state index in [-0.39, 0.29) is 24.2 Å². The van der Waals surface area contributed by atoms with Gasteiger partial charge in [-0.25, -0.2) is 0 Å². The summed E-state index contributed by atoms with van der Waals surface area (Å²) < 4.78 is 15.7. The van der Waals surface area contributed by atoms with Crippen LogP contribution in [0.5, 0.6) is 17.2 Å². The van der Waals surface area contributed by atoms with Crippen molar-refractivity contribution < 1.29 is 23.8 Å². The number of nitrogens with zero attached hydrogens (tertiary/aromatic N) is 1. The molecule has 0 spiro atoms. The number of carbonyl (C=O) groups excluding carboxylic acids is 2. The van der Waals surface area contributed by atoms with Gasteiger partial charge in [-0.15, -0.1) is 0 Å². The smallest absolute Gasteiger partial charge is 0.227 e. The fraction of sp³-hybridized carbons (Fsp3) is 0.364. The number of amides is 2. The molecule has 1 aliphatic rings. The first-order valence-corrected chi connectivity index (χ1v) is 9.48. The highest BCUT2D eigenvalue weighted by molar-refractivity contribution is 6.00. The van der Waals surface area contributed by atoms with Crippen LogP contribution in [0.25, 0.3) is 0 Å². The van der Waals surface area contributed by atoms with Gasteiger partial charge in [0.05, 0.1) is 27.2 Å². The fourth-order valence-electron chi connectivity index (χ4n) is 3.41. The summed E-state index contributed by atoms with van der Waals surface area (Å²) in [5.74, 6) is 1.56. The number of rotatable bonds is 8. The summed E-state index contributed by atoms with van der Waals surface area (Å²) in [6.07, 6.45) is 0.878. The number of ether oxygens (including phenoxy) is 3. The third-order valence-corrected chi connectivity index (χ3v) is 5.04. The molecule has 1 atom stereocenters. The molecule has 2 aromatic rings. The largest absolute Gasteiger partial charge is 0.497 e. The van der Waals surface area contributed by atoms with Crippen molar-refractivity contribution in [2.45, 2.75) is 12.8 Å². The Kier molecular flexibility index (Phi) is 6.59. The number of hydrogen-bond donors (Lipinski definition) is 1. The normalized spacial score (nSPS) is 15.9. The van der Waals surface area contributed by atoms with Gasteiger partial charge in [-0.05, 0) is 48.4 Å². The molecule has 7 nitrogen and oxygen atoms in total. The minimum atomic E-state index is -0.352. The van der Waals surface area contributed by atoms with Gasteiger partial charge in [-0.1, -0.05) is 6.07 Å². The molecule has 0 saturated carbocycles. The van der Waals surface area contributed by atoms with Crippen LogP contribution in [0.15, 0.2) is 42.5 Å². The molecule has 3 rings (SSSR count). The third-order valence-electron chi connectivity index (χ3n) is 5.04. The molecule has 0 aromatic heterocycles. The van der Waals surface area contributed by atoms with Gasteiger partial charge in [0.1, 0.15) is 5.75 Å². The van der Waals surface area contributed by atoms with Crippen molar-refractivity contribution in [2.24, 2.45) is 5.92 Å². The van der Waals surface area contributed by atoms with Crippen LogP contribution in [0.2, 0.25) is 0 Å². The van der Waals surface area contributed by atoms with E-state index in [2.05, 4.69) is 5.32 Å². The first-order valence-electron chi connectivity index (χ1n) is 9.48. The van der Waals surface area contributed by atoms with Crippen molar-refractivity contribution in [3.63, 3.8) is 0 Å². The van der Waals surface area contributed by atoms with E-state index in [1.165, 1.54) is 0 Å². The molecule has 1 aliphatic heterocycles. The van der Waals surface area contributed by atoms with Gasteiger partial charge in [0.15, 0.2) is 11.5 Å². The number of carbonyl (C=O) groups is 2. The Labute approximate surface area is 170 Å². The van der Waals surface area contributed by atoms with E-state index in [4.69, 9.17) is 14.2 Å². The molecule has 7 heteroatoms. The lowest BCUT2D eigenvalue weighted by Crippen LogP contribution is -2.34. The summed E-state index contributed by atoms with van der Waals surface area (Å²) in [7, 11) is 4.78.